The third-order valence-corrected chi connectivity index (χ3v) is 4.87. The molecule has 0 aromatic heterocycles. The van der Waals surface area contributed by atoms with E-state index in [1.54, 1.807) is 0 Å². The van der Waals surface area contributed by atoms with Gasteiger partial charge in [0.1, 0.15) is 0 Å². The summed E-state index contributed by atoms with van der Waals surface area (Å²) in [6, 6.07) is 0. The number of hydrogen-bond donors (Lipinski definition) is 2. The lowest BCUT2D eigenvalue weighted by molar-refractivity contribution is -0.126. The summed E-state index contributed by atoms with van der Waals surface area (Å²) in [6.07, 6.45) is 6.00. The van der Waals surface area contributed by atoms with Crippen LogP contribution in [0.1, 0.15) is 58.8 Å². The van der Waals surface area contributed by atoms with Crippen LogP contribution in [0.15, 0.2) is 0 Å². The zero-order valence-electron chi connectivity index (χ0n) is 11.7. The summed E-state index contributed by atoms with van der Waals surface area (Å²) in [5.41, 5.74) is -0.795. The van der Waals surface area contributed by atoms with E-state index in [0.717, 1.165) is 19.4 Å². The van der Waals surface area contributed by atoms with Crippen LogP contribution in [0, 0.1) is 0 Å². The summed E-state index contributed by atoms with van der Waals surface area (Å²) >= 11 is 1.95. The highest BCUT2D eigenvalue weighted by Crippen LogP contribution is 2.26. The van der Waals surface area contributed by atoms with Gasteiger partial charge in [-0.05, 0) is 31.4 Å². The van der Waals surface area contributed by atoms with Crippen LogP contribution in [-0.4, -0.2) is 34.2 Å². The first kappa shape index (κ1) is 15.8. The van der Waals surface area contributed by atoms with Crippen molar-refractivity contribution in [3.8, 4) is 0 Å². The van der Waals surface area contributed by atoms with Crippen LogP contribution in [0.5, 0.6) is 0 Å². The van der Waals surface area contributed by atoms with Crippen molar-refractivity contribution in [2.45, 2.75) is 69.6 Å². The quantitative estimate of drug-likeness (QED) is 0.715. The van der Waals surface area contributed by atoms with E-state index in [1.165, 1.54) is 18.6 Å². The molecular weight excluding hydrogens is 246 g/mol. The average molecular weight is 273 g/mol. The zero-order valence-corrected chi connectivity index (χ0v) is 12.5. The number of hydrogen-bond acceptors (Lipinski definition) is 3. The fourth-order valence-corrected chi connectivity index (χ4v) is 3.83. The van der Waals surface area contributed by atoms with Crippen molar-refractivity contribution in [1.82, 2.24) is 5.32 Å². The number of amides is 1. The summed E-state index contributed by atoms with van der Waals surface area (Å²) in [5, 5.41) is 14.0. The van der Waals surface area contributed by atoms with E-state index in [-0.39, 0.29) is 12.3 Å². The predicted octanol–water partition coefficient (Wildman–Crippen LogP) is 2.72. The number of nitrogens with one attached hydrogen (secondary N) is 1. The third kappa shape index (κ3) is 5.61. The Kier molecular flexibility index (Phi) is 7.08. The minimum atomic E-state index is -0.795. The Bertz CT molecular complexity index is 246. The van der Waals surface area contributed by atoms with Gasteiger partial charge in [0.2, 0.25) is 5.91 Å². The standard InChI is InChI=1S/C14H27NO2S/c1-3-7-14(17,8-4-2)10-13(16)15-11-12-6-5-9-18-12/h12,17H,3-11H2,1-2H3,(H,15,16). The largest absolute Gasteiger partial charge is 0.389 e. The SMILES string of the molecule is CCCC(O)(CCC)CC(=O)NCC1CCCS1. The monoisotopic (exact) mass is 273 g/mol. The maximum absolute atomic E-state index is 11.9. The van der Waals surface area contributed by atoms with Crippen LogP contribution < -0.4 is 5.32 Å². The molecule has 0 radical (unpaired) electrons. The summed E-state index contributed by atoms with van der Waals surface area (Å²) in [7, 11) is 0. The van der Waals surface area contributed by atoms with Crippen molar-refractivity contribution >= 4 is 17.7 Å². The molecule has 1 aliphatic heterocycles. The zero-order chi connectivity index (χ0) is 13.4. The Labute approximate surface area is 115 Å². The summed E-state index contributed by atoms with van der Waals surface area (Å²) < 4.78 is 0. The molecule has 18 heavy (non-hydrogen) atoms. The van der Waals surface area contributed by atoms with Crippen molar-refractivity contribution in [1.29, 1.82) is 0 Å². The minimum absolute atomic E-state index is 0.00639. The number of thioether (sulfide) groups is 1. The van der Waals surface area contributed by atoms with E-state index >= 15 is 0 Å². The first-order valence-electron chi connectivity index (χ1n) is 7.20. The van der Waals surface area contributed by atoms with E-state index in [2.05, 4.69) is 5.32 Å². The van der Waals surface area contributed by atoms with Gasteiger partial charge >= 0.3 is 0 Å². The molecule has 1 unspecified atom stereocenters. The lowest BCUT2D eigenvalue weighted by Crippen LogP contribution is -2.38. The van der Waals surface area contributed by atoms with Crippen molar-refractivity contribution < 1.29 is 9.90 Å². The molecule has 1 aliphatic rings. The molecule has 0 aromatic carbocycles. The molecule has 0 spiro atoms. The van der Waals surface area contributed by atoms with Gasteiger partial charge in [0, 0.05) is 11.8 Å². The van der Waals surface area contributed by atoms with Crippen molar-refractivity contribution in [3.05, 3.63) is 0 Å². The van der Waals surface area contributed by atoms with E-state index in [1.807, 2.05) is 25.6 Å². The smallest absolute Gasteiger partial charge is 0.222 e. The molecule has 0 bridgehead atoms. The molecule has 106 valence electrons. The second kappa shape index (κ2) is 8.05. The molecule has 3 nitrogen and oxygen atoms in total. The second-order valence-corrected chi connectivity index (χ2v) is 6.75. The molecule has 0 aromatic rings. The molecule has 4 heteroatoms. The maximum atomic E-state index is 11.9. The van der Waals surface area contributed by atoms with Gasteiger partial charge < -0.3 is 10.4 Å². The lowest BCUT2D eigenvalue weighted by atomic mass is 9.89. The molecule has 1 fully saturated rings. The van der Waals surface area contributed by atoms with Crippen LogP contribution in [0.4, 0.5) is 0 Å². The van der Waals surface area contributed by atoms with Crippen LogP contribution in [0.3, 0.4) is 0 Å². The molecule has 1 rings (SSSR count). The van der Waals surface area contributed by atoms with Gasteiger partial charge in [-0.3, -0.25) is 4.79 Å². The first-order valence-corrected chi connectivity index (χ1v) is 8.25. The van der Waals surface area contributed by atoms with Gasteiger partial charge in [0.15, 0.2) is 0 Å². The fourth-order valence-electron chi connectivity index (χ4n) is 2.63. The van der Waals surface area contributed by atoms with Crippen LogP contribution >= 0.6 is 11.8 Å². The Balaban J connectivity index is 2.30. The third-order valence-electron chi connectivity index (χ3n) is 3.47. The minimum Gasteiger partial charge on any atom is -0.389 e. The fraction of sp³-hybridized carbons (Fsp3) is 0.929. The number of carbonyl (C=O) groups is 1. The van der Waals surface area contributed by atoms with Crippen LogP contribution in [0.2, 0.25) is 0 Å². The first-order chi connectivity index (χ1) is 8.59. The molecule has 1 atom stereocenters. The van der Waals surface area contributed by atoms with Crippen molar-refractivity contribution in [3.63, 3.8) is 0 Å². The predicted molar refractivity (Wildman–Crippen MR) is 77.9 cm³/mol. The summed E-state index contributed by atoms with van der Waals surface area (Å²) in [6.45, 7) is 4.86. The number of carbonyl (C=O) groups excluding carboxylic acids is 1. The molecule has 1 heterocycles. The Morgan fingerprint density at radius 1 is 1.39 bits per heavy atom. The number of rotatable bonds is 8. The molecule has 1 amide bonds. The van der Waals surface area contributed by atoms with E-state index < -0.39 is 5.60 Å². The topological polar surface area (TPSA) is 49.3 Å². The molecule has 0 saturated carbocycles. The Morgan fingerprint density at radius 2 is 2.06 bits per heavy atom. The van der Waals surface area contributed by atoms with E-state index in [0.29, 0.717) is 18.1 Å². The molecule has 2 N–H and O–H groups in total. The maximum Gasteiger partial charge on any atom is 0.222 e. The second-order valence-electron chi connectivity index (χ2n) is 5.34. The van der Waals surface area contributed by atoms with Gasteiger partial charge in [-0.15, -0.1) is 0 Å². The van der Waals surface area contributed by atoms with Crippen LogP contribution in [-0.2, 0) is 4.79 Å². The lowest BCUT2D eigenvalue weighted by Gasteiger charge is -2.27. The summed E-state index contributed by atoms with van der Waals surface area (Å²) in [4.78, 5) is 11.9. The van der Waals surface area contributed by atoms with Gasteiger partial charge in [0.05, 0.1) is 12.0 Å². The van der Waals surface area contributed by atoms with Gasteiger partial charge in [-0.2, -0.15) is 11.8 Å². The van der Waals surface area contributed by atoms with E-state index in [9.17, 15) is 9.90 Å². The normalized spacial score (nSPS) is 20.1. The van der Waals surface area contributed by atoms with Gasteiger partial charge in [-0.25, -0.2) is 0 Å². The van der Waals surface area contributed by atoms with E-state index in [4.69, 9.17) is 0 Å². The summed E-state index contributed by atoms with van der Waals surface area (Å²) in [5.74, 6) is 1.22. The highest BCUT2D eigenvalue weighted by molar-refractivity contribution is 8.00. The highest BCUT2D eigenvalue weighted by atomic mass is 32.2. The Hall–Kier alpha value is -0.220. The molecule has 0 aliphatic carbocycles. The number of aliphatic hydroxyl groups is 1. The van der Waals surface area contributed by atoms with Gasteiger partial charge in [0.25, 0.3) is 0 Å². The molecule has 1 saturated heterocycles. The highest BCUT2D eigenvalue weighted by Gasteiger charge is 2.28. The molecular formula is C14H27NO2S. The average Bonchev–Trinajstić information content (AvgIpc) is 2.79. The van der Waals surface area contributed by atoms with Crippen molar-refractivity contribution in [2.75, 3.05) is 12.3 Å². The van der Waals surface area contributed by atoms with Crippen LogP contribution in [0.25, 0.3) is 0 Å². The Morgan fingerprint density at radius 3 is 2.56 bits per heavy atom. The van der Waals surface area contributed by atoms with Gasteiger partial charge in [-0.1, -0.05) is 26.7 Å². The van der Waals surface area contributed by atoms with Crippen molar-refractivity contribution in [2.24, 2.45) is 0 Å².